The highest BCUT2D eigenvalue weighted by molar-refractivity contribution is 6.09. The fourth-order valence-electron chi connectivity index (χ4n) is 7.76. The Kier molecular flexibility index (Phi) is 21.7. The van der Waals surface area contributed by atoms with Crippen LogP contribution in [0.25, 0.3) is 0 Å². The van der Waals surface area contributed by atoms with Crippen molar-refractivity contribution in [2.75, 3.05) is 33.4 Å². The number of amides is 5. The molecule has 14 heteroatoms. The first kappa shape index (κ1) is 56.2. The van der Waals surface area contributed by atoms with E-state index in [1.54, 1.807) is 5.01 Å². The Bertz CT molecular complexity index is 1960. The summed E-state index contributed by atoms with van der Waals surface area (Å²) in [6.07, 6.45) is 7.19. The lowest BCUT2D eigenvalue weighted by molar-refractivity contribution is -0.134. The van der Waals surface area contributed by atoms with Gasteiger partial charge in [0.25, 0.3) is 5.91 Å². The van der Waals surface area contributed by atoms with Crippen LogP contribution in [-0.2, 0) is 41.6 Å². The van der Waals surface area contributed by atoms with Crippen molar-refractivity contribution in [1.29, 1.82) is 0 Å². The minimum absolute atomic E-state index is 0.0133. The number of alkyl carbamates (subject to hydrolysis) is 1. The van der Waals surface area contributed by atoms with Gasteiger partial charge < -0.3 is 30.7 Å². The number of hydrogen-bond acceptors (Lipinski definition) is 9. The Morgan fingerprint density at radius 3 is 1.99 bits per heavy atom. The Morgan fingerprint density at radius 2 is 1.42 bits per heavy atom. The zero-order valence-electron chi connectivity index (χ0n) is 42.9. The van der Waals surface area contributed by atoms with Crippen molar-refractivity contribution in [2.24, 2.45) is 27.2 Å². The second kappa shape index (κ2) is 25.9. The van der Waals surface area contributed by atoms with E-state index in [-0.39, 0.29) is 49.3 Å². The molecule has 1 heterocycles. The number of allylic oxidation sites excluding steroid dienone is 1. The number of unbranched alkanes of at least 4 members (excludes halogenated alkanes) is 1. The Labute approximate surface area is 401 Å². The van der Waals surface area contributed by atoms with Gasteiger partial charge in [0.1, 0.15) is 12.1 Å². The average Bonchev–Trinajstić information content (AvgIpc) is 3.23. The maximum absolute atomic E-state index is 14.8. The molecule has 5 amide bonds. The van der Waals surface area contributed by atoms with Crippen molar-refractivity contribution in [2.45, 2.75) is 158 Å². The van der Waals surface area contributed by atoms with Crippen LogP contribution in [0.3, 0.4) is 0 Å². The quantitative estimate of drug-likeness (QED) is 0.0522. The van der Waals surface area contributed by atoms with Crippen LogP contribution in [0.5, 0.6) is 0 Å². The molecule has 2 aromatic rings. The topological polar surface area (TPSA) is 180 Å². The van der Waals surface area contributed by atoms with Gasteiger partial charge in [-0.05, 0) is 85.5 Å². The van der Waals surface area contributed by atoms with Gasteiger partial charge in [-0.3, -0.25) is 29.6 Å². The Balaban J connectivity index is 2.10. The zero-order valence-corrected chi connectivity index (χ0v) is 42.9. The zero-order chi connectivity index (χ0) is 50.0. The molecule has 1 aliphatic heterocycles. The van der Waals surface area contributed by atoms with Crippen LogP contribution in [0.15, 0.2) is 71.7 Å². The smallest absolute Gasteiger partial charge is 0.407 e. The summed E-state index contributed by atoms with van der Waals surface area (Å²) in [6.45, 7) is 25.4. The summed E-state index contributed by atoms with van der Waals surface area (Å²) in [4.78, 5) is 74.2. The molecule has 5 N–H and O–H groups in total. The molecule has 0 fully saturated rings. The highest BCUT2D eigenvalue weighted by Gasteiger charge is 2.39. The van der Waals surface area contributed by atoms with E-state index < -0.39 is 52.3 Å². The largest absolute Gasteiger partial charge is 0.453 e. The lowest BCUT2D eigenvalue weighted by Gasteiger charge is -2.37. The van der Waals surface area contributed by atoms with Crippen LogP contribution in [0.2, 0.25) is 0 Å². The summed E-state index contributed by atoms with van der Waals surface area (Å²) in [5.74, 6) is -1.88. The van der Waals surface area contributed by atoms with Crippen molar-refractivity contribution in [3.63, 3.8) is 0 Å². The molecular weight excluding hydrogens is 847 g/mol. The molecule has 0 aromatic heterocycles. The molecule has 0 spiro atoms. The van der Waals surface area contributed by atoms with E-state index in [0.717, 1.165) is 48.2 Å². The predicted molar refractivity (Wildman–Crippen MR) is 267 cm³/mol. The van der Waals surface area contributed by atoms with Gasteiger partial charge in [-0.15, -0.1) is 0 Å². The second-order valence-corrected chi connectivity index (χ2v) is 21.8. The number of dihydropyridines is 1. The summed E-state index contributed by atoms with van der Waals surface area (Å²) in [5, 5.41) is 13.9. The minimum Gasteiger partial charge on any atom is -0.453 e. The maximum atomic E-state index is 14.8. The highest BCUT2D eigenvalue weighted by Crippen LogP contribution is 2.28. The van der Waals surface area contributed by atoms with Crippen LogP contribution >= 0.6 is 0 Å². The third kappa shape index (κ3) is 20.8. The van der Waals surface area contributed by atoms with Crippen LogP contribution in [0, 0.1) is 22.2 Å². The second-order valence-electron chi connectivity index (χ2n) is 21.8. The first-order chi connectivity index (χ1) is 31.3. The molecular formula is C53H83N7O7. The third-order valence-corrected chi connectivity index (χ3v) is 11.7. The van der Waals surface area contributed by atoms with E-state index in [4.69, 9.17) is 9.47 Å². The molecule has 1 aliphatic rings. The Morgan fingerprint density at radius 1 is 0.776 bits per heavy atom. The van der Waals surface area contributed by atoms with E-state index in [0.29, 0.717) is 26.0 Å². The van der Waals surface area contributed by atoms with Gasteiger partial charge in [0.15, 0.2) is 0 Å². The van der Waals surface area contributed by atoms with Gasteiger partial charge >= 0.3 is 6.09 Å². The standard InChI is InChI=1S/C53H83N7O7/c1-14-15-29-55-43(61)33-40(36-60(59-48(64)46(51(5,6)7)58-49(65)66-13)35-38-24-26-39(27-25-38)41-23-19-20-30-54-41)42(32-37-21-17-16-18-22-37)56-47(63)45(50(2,3)4)57-44(62)34-53(11,12)28-31-67-52(8,9)10/h16-19,21-27,40,42,45-46H,14-15,20,28-36H2,1-13H3,(H,55,61)(H,56,63)(H,57,62)(H,58,65)(H,59,64). The predicted octanol–water partition coefficient (Wildman–Crippen LogP) is 7.84. The minimum atomic E-state index is -0.997. The van der Waals surface area contributed by atoms with Crippen LogP contribution < -0.4 is 26.7 Å². The van der Waals surface area contributed by atoms with Crippen molar-refractivity contribution in [3.8, 4) is 0 Å². The summed E-state index contributed by atoms with van der Waals surface area (Å²) in [5.41, 5.74) is 4.67. The number of methoxy groups -OCH3 is 1. The van der Waals surface area contributed by atoms with E-state index in [2.05, 4.69) is 44.7 Å². The van der Waals surface area contributed by atoms with E-state index >= 15 is 0 Å². The molecule has 67 heavy (non-hydrogen) atoms. The first-order valence-corrected chi connectivity index (χ1v) is 24.0. The van der Waals surface area contributed by atoms with Crippen molar-refractivity contribution in [1.82, 2.24) is 31.7 Å². The van der Waals surface area contributed by atoms with E-state index in [1.165, 1.54) is 7.11 Å². The number of benzene rings is 2. The Hall–Kier alpha value is -5.08. The monoisotopic (exact) mass is 930 g/mol. The molecule has 4 unspecified atom stereocenters. The van der Waals surface area contributed by atoms with Gasteiger partial charge in [0, 0.05) is 57.6 Å². The number of nitrogens with one attached hydrogen (secondary N) is 5. The van der Waals surface area contributed by atoms with Gasteiger partial charge in [0.05, 0.1) is 18.4 Å². The summed E-state index contributed by atoms with van der Waals surface area (Å²) in [7, 11) is 1.25. The molecule has 0 saturated heterocycles. The van der Waals surface area contributed by atoms with Gasteiger partial charge in [-0.2, -0.15) is 0 Å². The third-order valence-electron chi connectivity index (χ3n) is 11.7. The van der Waals surface area contributed by atoms with Crippen LogP contribution in [0.1, 0.15) is 138 Å². The average molecular weight is 930 g/mol. The maximum Gasteiger partial charge on any atom is 0.407 e. The summed E-state index contributed by atoms with van der Waals surface area (Å²) >= 11 is 0. The SMILES string of the molecule is CCCCNC(=O)CC(CN(Cc1ccc(C2=NCCC=C2)cc1)NC(=O)C(NC(=O)OC)C(C)(C)C)C(Cc1ccccc1)NC(=O)C(NC(=O)CC(C)(C)CCOC(C)(C)C)C(C)(C)C. The molecule has 2 aromatic carbocycles. The molecule has 0 bridgehead atoms. The number of nitrogens with zero attached hydrogens (tertiary/aromatic N) is 2. The number of carbonyl (C=O) groups excluding carboxylic acids is 5. The number of rotatable bonds is 24. The fraction of sp³-hybridized carbons (Fsp3) is 0.623. The fourth-order valence-corrected chi connectivity index (χ4v) is 7.76. The molecule has 0 radical (unpaired) electrons. The number of aliphatic imine (C=N–C) groups is 1. The van der Waals surface area contributed by atoms with Crippen molar-refractivity contribution in [3.05, 3.63) is 83.4 Å². The summed E-state index contributed by atoms with van der Waals surface area (Å²) < 4.78 is 10.9. The number of ether oxygens (including phenoxy) is 2. The van der Waals surface area contributed by atoms with Gasteiger partial charge in [-0.1, -0.05) is 129 Å². The number of hydrogen-bond donors (Lipinski definition) is 5. The van der Waals surface area contributed by atoms with Crippen molar-refractivity contribution < 1.29 is 33.4 Å². The van der Waals surface area contributed by atoms with Gasteiger partial charge in [-0.25, -0.2) is 9.80 Å². The van der Waals surface area contributed by atoms with Crippen molar-refractivity contribution >= 4 is 35.4 Å². The van der Waals surface area contributed by atoms with E-state index in [1.807, 2.05) is 137 Å². The molecule has 372 valence electrons. The molecule has 0 saturated carbocycles. The molecule has 14 nitrogen and oxygen atoms in total. The normalized spacial score (nSPS) is 15.1. The molecule has 0 aliphatic carbocycles. The molecule has 3 rings (SSSR count). The van der Waals surface area contributed by atoms with Gasteiger partial charge in [0.2, 0.25) is 17.7 Å². The van der Waals surface area contributed by atoms with Crippen LogP contribution in [0.4, 0.5) is 4.79 Å². The molecule has 4 atom stereocenters. The van der Waals surface area contributed by atoms with Crippen LogP contribution in [-0.4, -0.2) is 97.5 Å². The number of carbonyl (C=O) groups is 5. The summed E-state index contributed by atoms with van der Waals surface area (Å²) in [6, 6.07) is 15.1. The highest BCUT2D eigenvalue weighted by atomic mass is 16.5. The lowest BCUT2D eigenvalue weighted by atomic mass is 9.83. The lowest BCUT2D eigenvalue weighted by Crippen LogP contribution is -2.60. The number of hydrazine groups is 1. The van der Waals surface area contributed by atoms with E-state index in [9.17, 15) is 24.0 Å². The first-order valence-electron chi connectivity index (χ1n) is 24.0.